The Balaban J connectivity index is 2.04. The third-order valence-corrected chi connectivity index (χ3v) is 3.84. The van der Waals surface area contributed by atoms with Crippen LogP contribution in [0.5, 0.6) is 0 Å². The summed E-state index contributed by atoms with van der Waals surface area (Å²) in [6, 6.07) is 5.04. The number of ether oxygens (including phenoxy) is 1. The highest BCUT2D eigenvalue weighted by molar-refractivity contribution is 7.07. The van der Waals surface area contributed by atoms with Crippen LogP contribution in [0, 0.1) is 0 Å². The number of carbonyl (C=O) groups is 1. The zero-order chi connectivity index (χ0) is 15.9. The van der Waals surface area contributed by atoms with Crippen LogP contribution < -0.4 is 10.9 Å². The summed E-state index contributed by atoms with van der Waals surface area (Å²) in [6.45, 7) is 0.324. The number of hydrogen-bond acceptors (Lipinski definition) is 5. The maximum atomic E-state index is 12.1. The van der Waals surface area contributed by atoms with E-state index in [0.29, 0.717) is 0 Å². The number of rotatable bonds is 7. The van der Waals surface area contributed by atoms with Gasteiger partial charge in [0.2, 0.25) is 0 Å². The van der Waals surface area contributed by atoms with E-state index in [-0.39, 0.29) is 37.0 Å². The van der Waals surface area contributed by atoms with Gasteiger partial charge in [-0.15, -0.1) is 0 Å². The Morgan fingerprint density at radius 1 is 1.50 bits per heavy atom. The molecule has 2 aromatic rings. The standard InChI is InChI=1S/C15H18N2O4S/c1-17-5-2-3-12(15(17)20)14(19)16-9-13(21-7-6-18)11-4-8-22-10-11/h2-5,8,10,13,18H,6-7,9H2,1H3,(H,16,19)/t13-/m1/s1. The molecule has 2 N–H and O–H groups in total. The van der Waals surface area contributed by atoms with Crippen LogP contribution in [0.4, 0.5) is 0 Å². The lowest BCUT2D eigenvalue weighted by Gasteiger charge is -2.17. The minimum Gasteiger partial charge on any atom is -0.394 e. The van der Waals surface area contributed by atoms with Gasteiger partial charge in [0.25, 0.3) is 11.5 Å². The highest BCUT2D eigenvalue weighted by Gasteiger charge is 2.16. The molecule has 0 spiro atoms. The average molecular weight is 322 g/mol. The van der Waals surface area contributed by atoms with Crippen LogP contribution in [0.15, 0.2) is 40.0 Å². The molecular weight excluding hydrogens is 304 g/mol. The molecule has 0 saturated carbocycles. The van der Waals surface area contributed by atoms with Crippen LogP contribution >= 0.6 is 11.3 Å². The topological polar surface area (TPSA) is 80.6 Å². The number of hydrogen-bond donors (Lipinski definition) is 2. The summed E-state index contributed by atoms with van der Waals surface area (Å²) in [6.07, 6.45) is 1.24. The van der Waals surface area contributed by atoms with Crippen molar-refractivity contribution in [2.75, 3.05) is 19.8 Å². The Morgan fingerprint density at radius 3 is 3.00 bits per heavy atom. The molecular formula is C15H18N2O4S. The van der Waals surface area contributed by atoms with E-state index in [1.165, 1.54) is 22.0 Å². The van der Waals surface area contributed by atoms with Crippen molar-refractivity contribution in [1.82, 2.24) is 9.88 Å². The molecule has 22 heavy (non-hydrogen) atoms. The van der Waals surface area contributed by atoms with Crippen LogP contribution in [0.25, 0.3) is 0 Å². The van der Waals surface area contributed by atoms with Crippen molar-refractivity contribution < 1.29 is 14.6 Å². The second-order valence-electron chi connectivity index (χ2n) is 4.69. The second-order valence-corrected chi connectivity index (χ2v) is 5.47. The number of aryl methyl sites for hydroxylation is 1. The van der Waals surface area contributed by atoms with Crippen molar-refractivity contribution in [3.8, 4) is 0 Å². The Labute approximate surface area is 132 Å². The molecule has 0 aliphatic rings. The SMILES string of the molecule is Cn1cccc(C(=O)NC[C@@H](OCCO)c2ccsc2)c1=O. The van der Waals surface area contributed by atoms with Crippen LogP contribution in [0.2, 0.25) is 0 Å². The van der Waals surface area contributed by atoms with Crippen molar-refractivity contribution >= 4 is 17.2 Å². The van der Waals surface area contributed by atoms with Crippen LogP contribution in [-0.4, -0.2) is 35.3 Å². The van der Waals surface area contributed by atoms with Crippen LogP contribution in [0.3, 0.4) is 0 Å². The molecule has 0 saturated heterocycles. The first-order valence-corrected chi connectivity index (χ1v) is 7.76. The van der Waals surface area contributed by atoms with Gasteiger partial charge in [-0.05, 0) is 34.5 Å². The predicted molar refractivity (Wildman–Crippen MR) is 84.1 cm³/mol. The lowest BCUT2D eigenvalue weighted by atomic mass is 10.2. The third-order valence-electron chi connectivity index (χ3n) is 3.14. The van der Waals surface area contributed by atoms with Gasteiger partial charge in [0.05, 0.1) is 13.2 Å². The fraction of sp³-hybridized carbons (Fsp3) is 0.333. The minimum absolute atomic E-state index is 0.0895. The van der Waals surface area contributed by atoms with Gasteiger partial charge in [0.1, 0.15) is 11.7 Å². The number of aromatic nitrogens is 1. The van der Waals surface area contributed by atoms with Gasteiger partial charge < -0.3 is 19.7 Å². The van der Waals surface area contributed by atoms with E-state index < -0.39 is 5.91 Å². The molecule has 0 radical (unpaired) electrons. The molecule has 2 heterocycles. The normalized spacial score (nSPS) is 12.1. The maximum absolute atomic E-state index is 12.1. The number of thiophene rings is 1. The minimum atomic E-state index is -0.436. The zero-order valence-electron chi connectivity index (χ0n) is 12.2. The maximum Gasteiger partial charge on any atom is 0.263 e. The summed E-state index contributed by atoms with van der Waals surface area (Å²) >= 11 is 1.53. The highest BCUT2D eigenvalue weighted by Crippen LogP contribution is 2.19. The molecule has 1 amide bonds. The van der Waals surface area contributed by atoms with Crippen LogP contribution in [0.1, 0.15) is 22.0 Å². The quantitative estimate of drug-likeness (QED) is 0.794. The van der Waals surface area contributed by atoms with E-state index in [4.69, 9.17) is 9.84 Å². The molecule has 2 aromatic heterocycles. The molecule has 0 aliphatic heterocycles. The molecule has 0 bridgehead atoms. The summed E-state index contributed by atoms with van der Waals surface area (Å²) in [4.78, 5) is 24.0. The predicted octanol–water partition coefficient (Wildman–Crippen LogP) is 0.927. The van der Waals surface area contributed by atoms with Crippen molar-refractivity contribution in [3.63, 3.8) is 0 Å². The Kier molecular flexibility index (Phi) is 5.88. The van der Waals surface area contributed by atoms with Gasteiger partial charge in [0.15, 0.2) is 0 Å². The lowest BCUT2D eigenvalue weighted by molar-refractivity contribution is 0.0279. The van der Waals surface area contributed by atoms with Gasteiger partial charge in [-0.25, -0.2) is 0 Å². The summed E-state index contributed by atoms with van der Waals surface area (Å²) < 4.78 is 6.89. The molecule has 2 rings (SSSR count). The van der Waals surface area contributed by atoms with E-state index in [0.717, 1.165) is 5.56 Å². The van der Waals surface area contributed by atoms with Gasteiger partial charge >= 0.3 is 0 Å². The van der Waals surface area contributed by atoms with E-state index in [2.05, 4.69) is 5.32 Å². The Bertz CT molecular complexity index is 666. The zero-order valence-corrected chi connectivity index (χ0v) is 13.0. The van der Waals surface area contributed by atoms with Gasteiger partial charge in [-0.2, -0.15) is 11.3 Å². The summed E-state index contributed by atoms with van der Waals surface area (Å²) in [7, 11) is 1.59. The second kappa shape index (κ2) is 7.88. The van der Waals surface area contributed by atoms with E-state index in [1.807, 2.05) is 16.8 Å². The lowest BCUT2D eigenvalue weighted by Crippen LogP contribution is -2.34. The number of aliphatic hydroxyl groups is 1. The number of nitrogens with one attached hydrogen (secondary N) is 1. The van der Waals surface area contributed by atoms with E-state index >= 15 is 0 Å². The first-order chi connectivity index (χ1) is 10.6. The molecule has 1 atom stereocenters. The van der Waals surface area contributed by atoms with Crippen molar-refractivity contribution in [1.29, 1.82) is 0 Å². The first-order valence-electron chi connectivity index (χ1n) is 6.82. The molecule has 0 unspecified atom stereocenters. The number of pyridine rings is 1. The van der Waals surface area contributed by atoms with Crippen molar-refractivity contribution in [3.05, 3.63) is 56.6 Å². The Morgan fingerprint density at radius 2 is 2.32 bits per heavy atom. The summed E-state index contributed by atoms with van der Waals surface area (Å²) in [5.41, 5.74) is 0.680. The number of nitrogens with zero attached hydrogens (tertiary/aromatic N) is 1. The highest BCUT2D eigenvalue weighted by atomic mass is 32.1. The number of aliphatic hydroxyl groups excluding tert-OH is 1. The summed E-state index contributed by atoms with van der Waals surface area (Å²) in [5.74, 6) is -0.436. The Hall–Kier alpha value is -1.96. The number of carbonyl (C=O) groups excluding carboxylic acids is 1. The van der Waals surface area contributed by atoms with E-state index in [1.54, 1.807) is 19.3 Å². The average Bonchev–Trinajstić information content (AvgIpc) is 3.04. The van der Waals surface area contributed by atoms with Gasteiger partial charge in [-0.3, -0.25) is 9.59 Å². The van der Waals surface area contributed by atoms with E-state index in [9.17, 15) is 9.59 Å². The van der Waals surface area contributed by atoms with Gasteiger partial charge in [0, 0.05) is 19.8 Å². The molecule has 118 valence electrons. The monoisotopic (exact) mass is 322 g/mol. The number of amides is 1. The molecule has 7 heteroatoms. The van der Waals surface area contributed by atoms with Crippen molar-refractivity contribution in [2.45, 2.75) is 6.10 Å². The third kappa shape index (κ3) is 4.03. The fourth-order valence-corrected chi connectivity index (χ4v) is 2.68. The molecule has 6 nitrogen and oxygen atoms in total. The first kappa shape index (κ1) is 16.4. The smallest absolute Gasteiger partial charge is 0.263 e. The molecule has 0 aromatic carbocycles. The largest absolute Gasteiger partial charge is 0.394 e. The fourth-order valence-electron chi connectivity index (χ4n) is 1.98. The molecule has 0 aliphatic carbocycles. The van der Waals surface area contributed by atoms with Crippen LogP contribution in [-0.2, 0) is 11.8 Å². The van der Waals surface area contributed by atoms with Crippen molar-refractivity contribution in [2.24, 2.45) is 7.05 Å². The summed E-state index contributed by atoms with van der Waals surface area (Å²) in [5, 5.41) is 15.4. The molecule has 0 fully saturated rings. The van der Waals surface area contributed by atoms with Gasteiger partial charge in [-0.1, -0.05) is 0 Å².